The first-order valence-corrected chi connectivity index (χ1v) is 6.79. The zero-order chi connectivity index (χ0) is 14.5. The average molecular weight is 279 g/mol. The van der Waals surface area contributed by atoms with Crippen LogP contribution in [0.15, 0.2) is 18.2 Å². The Morgan fingerprint density at radius 2 is 2.10 bits per heavy atom. The fourth-order valence-electron chi connectivity index (χ4n) is 2.38. The Balaban J connectivity index is 1.94. The minimum Gasteiger partial charge on any atom is -0.484 e. The number of aryl methyl sites for hydroxylation is 2. The Bertz CT molecular complexity index is 455. The number of nitrogens with zero attached hydrogens (tertiary/aromatic N) is 1. The quantitative estimate of drug-likeness (QED) is 0.889. The molecule has 1 fully saturated rings. The molecule has 1 atom stereocenters. The number of aliphatic hydroxyl groups is 1. The van der Waals surface area contributed by atoms with Crippen LogP contribution in [0.25, 0.3) is 0 Å². The van der Waals surface area contributed by atoms with Gasteiger partial charge in [-0.1, -0.05) is 6.07 Å². The smallest absolute Gasteiger partial charge is 0.260 e. The van der Waals surface area contributed by atoms with Crippen LogP contribution < -0.4 is 4.74 Å². The highest BCUT2D eigenvalue weighted by Crippen LogP contribution is 2.16. The first-order chi connectivity index (χ1) is 9.60. The summed E-state index contributed by atoms with van der Waals surface area (Å²) in [4.78, 5) is 13.8. The van der Waals surface area contributed by atoms with Gasteiger partial charge in [-0.05, 0) is 37.1 Å². The molecule has 1 aromatic carbocycles. The molecule has 2 rings (SSSR count). The van der Waals surface area contributed by atoms with Crippen LogP contribution in [-0.4, -0.2) is 54.9 Å². The van der Waals surface area contributed by atoms with Gasteiger partial charge in [0.05, 0.1) is 25.9 Å². The number of carbonyl (C=O) groups is 1. The van der Waals surface area contributed by atoms with Gasteiger partial charge in [-0.3, -0.25) is 4.79 Å². The third-order valence-electron chi connectivity index (χ3n) is 3.32. The van der Waals surface area contributed by atoms with E-state index in [0.29, 0.717) is 25.5 Å². The molecule has 0 bridgehead atoms. The molecule has 20 heavy (non-hydrogen) atoms. The van der Waals surface area contributed by atoms with Gasteiger partial charge in [-0.25, -0.2) is 0 Å². The maximum atomic E-state index is 12.1. The van der Waals surface area contributed by atoms with Crippen LogP contribution in [0.3, 0.4) is 0 Å². The highest BCUT2D eigenvalue weighted by atomic mass is 16.5. The summed E-state index contributed by atoms with van der Waals surface area (Å²) in [7, 11) is 0. The topological polar surface area (TPSA) is 59.0 Å². The first kappa shape index (κ1) is 14.8. The van der Waals surface area contributed by atoms with Crippen LogP contribution in [0.2, 0.25) is 0 Å². The van der Waals surface area contributed by atoms with Crippen molar-refractivity contribution < 1.29 is 19.4 Å². The van der Waals surface area contributed by atoms with E-state index >= 15 is 0 Å². The normalized spacial score (nSPS) is 18.9. The van der Waals surface area contributed by atoms with Gasteiger partial charge < -0.3 is 19.5 Å². The molecule has 0 spiro atoms. The predicted molar refractivity (Wildman–Crippen MR) is 74.8 cm³/mol. The fraction of sp³-hybridized carbons (Fsp3) is 0.533. The second-order valence-electron chi connectivity index (χ2n) is 5.11. The predicted octanol–water partition coefficient (Wildman–Crippen LogP) is 0.902. The molecule has 1 heterocycles. The summed E-state index contributed by atoms with van der Waals surface area (Å²) in [6, 6.07) is 5.60. The number of benzene rings is 1. The molecule has 0 aliphatic carbocycles. The number of carbonyl (C=O) groups excluding carboxylic acids is 1. The minimum atomic E-state index is -0.265. The highest BCUT2D eigenvalue weighted by Gasteiger charge is 2.26. The van der Waals surface area contributed by atoms with Gasteiger partial charge in [0.15, 0.2) is 6.61 Å². The van der Waals surface area contributed by atoms with Crippen LogP contribution in [0.5, 0.6) is 5.75 Å². The number of aliphatic hydroxyl groups excluding tert-OH is 1. The molecule has 5 heteroatoms. The molecule has 1 N–H and O–H groups in total. The molecule has 1 amide bonds. The summed E-state index contributed by atoms with van der Waals surface area (Å²) in [5.41, 5.74) is 2.21. The van der Waals surface area contributed by atoms with E-state index in [9.17, 15) is 9.90 Å². The summed E-state index contributed by atoms with van der Waals surface area (Å²) in [5.74, 6) is 0.580. The first-order valence-electron chi connectivity index (χ1n) is 6.79. The van der Waals surface area contributed by atoms with Gasteiger partial charge >= 0.3 is 0 Å². The Morgan fingerprint density at radius 3 is 2.75 bits per heavy atom. The van der Waals surface area contributed by atoms with Crippen LogP contribution >= 0.6 is 0 Å². The van der Waals surface area contributed by atoms with Crippen molar-refractivity contribution in [3.8, 4) is 5.75 Å². The van der Waals surface area contributed by atoms with Crippen molar-refractivity contribution in [3.05, 3.63) is 29.3 Å². The fourth-order valence-corrected chi connectivity index (χ4v) is 2.38. The van der Waals surface area contributed by atoms with E-state index in [1.165, 1.54) is 0 Å². The molecule has 5 nitrogen and oxygen atoms in total. The Morgan fingerprint density at radius 1 is 1.40 bits per heavy atom. The summed E-state index contributed by atoms with van der Waals surface area (Å²) in [5, 5.41) is 9.25. The number of hydrogen-bond acceptors (Lipinski definition) is 4. The van der Waals surface area contributed by atoms with Crippen LogP contribution in [0.4, 0.5) is 0 Å². The standard InChI is InChI=1S/C15H21NO4/c1-11-5-12(2)7-14(6-11)20-10-15(18)16-3-4-19-9-13(16)8-17/h5-7,13,17H,3-4,8-10H2,1-2H3. The van der Waals surface area contributed by atoms with Crippen LogP contribution in [0, 0.1) is 13.8 Å². The van der Waals surface area contributed by atoms with Crippen LogP contribution in [-0.2, 0) is 9.53 Å². The lowest BCUT2D eigenvalue weighted by molar-refractivity contribution is -0.143. The number of hydrogen-bond donors (Lipinski definition) is 1. The van der Waals surface area contributed by atoms with E-state index in [1.54, 1.807) is 4.90 Å². The Kier molecular flexibility index (Phi) is 4.98. The Labute approximate surface area is 119 Å². The summed E-state index contributed by atoms with van der Waals surface area (Å²) in [6.07, 6.45) is 0. The molecule has 1 aromatic rings. The third-order valence-corrected chi connectivity index (χ3v) is 3.32. The minimum absolute atomic E-state index is 0.0145. The second-order valence-corrected chi connectivity index (χ2v) is 5.11. The van der Waals surface area contributed by atoms with Gasteiger partial charge in [0.1, 0.15) is 5.75 Å². The number of ether oxygens (including phenoxy) is 2. The van der Waals surface area contributed by atoms with Gasteiger partial charge in [0.25, 0.3) is 5.91 Å². The monoisotopic (exact) mass is 279 g/mol. The largest absolute Gasteiger partial charge is 0.484 e. The van der Waals surface area contributed by atoms with Gasteiger partial charge in [0, 0.05) is 6.54 Å². The second kappa shape index (κ2) is 6.72. The van der Waals surface area contributed by atoms with Crippen LogP contribution in [0.1, 0.15) is 11.1 Å². The summed E-state index contributed by atoms with van der Waals surface area (Å²) < 4.78 is 10.8. The lowest BCUT2D eigenvalue weighted by Crippen LogP contribution is -2.51. The van der Waals surface area contributed by atoms with Gasteiger partial charge in [0.2, 0.25) is 0 Å². The molecule has 0 radical (unpaired) electrons. The third kappa shape index (κ3) is 3.71. The maximum absolute atomic E-state index is 12.1. The van der Waals surface area contributed by atoms with E-state index < -0.39 is 0 Å². The van der Waals surface area contributed by atoms with E-state index in [4.69, 9.17) is 9.47 Å². The van der Waals surface area contributed by atoms with E-state index in [-0.39, 0.29) is 25.2 Å². The van der Waals surface area contributed by atoms with Crippen molar-refractivity contribution in [2.75, 3.05) is 33.0 Å². The number of rotatable bonds is 4. The molecular weight excluding hydrogens is 258 g/mol. The van der Waals surface area contributed by atoms with E-state index in [2.05, 4.69) is 6.07 Å². The van der Waals surface area contributed by atoms with Crippen molar-refractivity contribution in [2.45, 2.75) is 19.9 Å². The molecule has 0 aromatic heterocycles. The van der Waals surface area contributed by atoms with Gasteiger partial charge in [-0.2, -0.15) is 0 Å². The lowest BCUT2D eigenvalue weighted by Gasteiger charge is -2.34. The number of amides is 1. The summed E-state index contributed by atoms with van der Waals surface area (Å²) in [6.45, 7) is 5.27. The zero-order valence-electron chi connectivity index (χ0n) is 12.0. The molecule has 110 valence electrons. The molecule has 1 unspecified atom stereocenters. The van der Waals surface area contributed by atoms with Crippen molar-refractivity contribution in [1.29, 1.82) is 0 Å². The number of morpholine rings is 1. The van der Waals surface area contributed by atoms with Gasteiger partial charge in [-0.15, -0.1) is 0 Å². The van der Waals surface area contributed by atoms with E-state index in [0.717, 1.165) is 11.1 Å². The molecule has 1 saturated heterocycles. The van der Waals surface area contributed by atoms with Crippen molar-refractivity contribution in [1.82, 2.24) is 4.90 Å². The maximum Gasteiger partial charge on any atom is 0.260 e. The molecule has 1 aliphatic rings. The summed E-state index contributed by atoms with van der Waals surface area (Å²) >= 11 is 0. The zero-order valence-corrected chi connectivity index (χ0v) is 12.0. The van der Waals surface area contributed by atoms with Crippen molar-refractivity contribution in [2.24, 2.45) is 0 Å². The highest BCUT2D eigenvalue weighted by molar-refractivity contribution is 5.78. The lowest BCUT2D eigenvalue weighted by atomic mass is 10.1. The van der Waals surface area contributed by atoms with Crippen molar-refractivity contribution >= 4 is 5.91 Å². The molecular formula is C15H21NO4. The SMILES string of the molecule is Cc1cc(C)cc(OCC(=O)N2CCOCC2CO)c1. The molecule has 1 aliphatic heterocycles. The van der Waals surface area contributed by atoms with Crippen molar-refractivity contribution in [3.63, 3.8) is 0 Å². The average Bonchev–Trinajstić information content (AvgIpc) is 2.43. The Hall–Kier alpha value is -1.59. The molecule has 0 saturated carbocycles. The van der Waals surface area contributed by atoms with E-state index in [1.807, 2.05) is 26.0 Å².